The van der Waals surface area contributed by atoms with Gasteiger partial charge in [0.15, 0.2) is 11.5 Å². The zero-order valence-electron chi connectivity index (χ0n) is 14.6. The van der Waals surface area contributed by atoms with Gasteiger partial charge in [-0.25, -0.2) is 9.78 Å². The molecule has 1 N–H and O–H groups in total. The molecule has 0 amide bonds. The monoisotopic (exact) mass is 384 g/mol. The molecule has 136 valence electrons. The molecule has 0 aliphatic heterocycles. The fraction of sp³-hybridized carbons (Fsp3) is 0.412. The molecule has 0 radical (unpaired) electrons. The lowest BCUT2D eigenvalue weighted by atomic mass is 10.2. The van der Waals surface area contributed by atoms with Gasteiger partial charge in [0.1, 0.15) is 9.88 Å². The van der Waals surface area contributed by atoms with Crippen LogP contribution in [0.15, 0.2) is 12.1 Å². The smallest absolute Gasteiger partial charge is 0.347 e. The van der Waals surface area contributed by atoms with Gasteiger partial charge in [0.2, 0.25) is 0 Å². The largest absolute Gasteiger partial charge is 0.493 e. The minimum atomic E-state index is -0.986. The van der Waals surface area contributed by atoms with Crippen LogP contribution in [0.25, 0.3) is 10.6 Å². The molecule has 0 fully saturated rings. The first-order chi connectivity index (χ1) is 11.8. The second-order valence-electron chi connectivity index (χ2n) is 5.73. The molecule has 0 unspecified atom stereocenters. The molecular formula is C17H21ClN2O4S. The van der Waals surface area contributed by atoms with Crippen molar-refractivity contribution in [1.82, 2.24) is 9.88 Å². The summed E-state index contributed by atoms with van der Waals surface area (Å²) in [6, 6.07) is 3.48. The molecule has 0 atom stereocenters. The van der Waals surface area contributed by atoms with E-state index in [1.54, 1.807) is 19.1 Å². The van der Waals surface area contributed by atoms with E-state index >= 15 is 0 Å². The Bertz CT molecular complexity index is 761. The van der Waals surface area contributed by atoms with E-state index in [0.717, 1.165) is 24.3 Å². The number of rotatable bonds is 8. The van der Waals surface area contributed by atoms with Crippen LogP contribution in [0.2, 0.25) is 5.02 Å². The number of carboxylic acids is 1. The molecule has 25 heavy (non-hydrogen) atoms. The van der Waals surface area contributed by atoms with E-state index in [4.69, 9.17) is 21.1 Å². The highest BCUT2D eigenvalue weighted by Gasteiger charge is 2.18. The highest BCUT2D eigenvalue weighted by Crippen LogP contribution is 2.40. The van der Waals surface area contributed by atoms with E-state index in [-0.39, 0.29) is 4.88 Å². The maximum Gasteiger partial charge on any atom is 0.347 e. The number of ether oxygens (including phenoxy) is 2. The second kappa shape index (κ2) is 8.51. The van der Waals surface area contributed by atoms with Gasteiger partial charge in [-0.3, -0.25) is 0 Å². The Balaban J connectivity index is 2.26. The summed E-state index contributed by atoms with van der Waals surface area (Å²) in [5.41, 5.74) is 1.18. The predicted molar refractivity (Wildman–Crippen MR) is 99.5 cm³/mol. The normalized spacial score (nSPS) is 11.0. The van der Waals surface area contributed by atoms with E-state index in [1.807, 2.05) is 14.1 Å². The van der Waals surface area contributed by atoms with Gasteiger partial charge in [-0.1, -0.05) is 11.6 Å². The third-order valence-electron chi connectivity index (χ3n) is 3.46. The number of aromatic carboxylic acids is 1. The van der Waals surface area contributed by atoms with Crippen LogP contribution in [0.4, 0.5) is 0 Å². The van der Waals surface area contributed by atoms with Crippen LogP contribution in [0.1, 0.15) is 21.8 Å². The topological polar surface area (TPSA) is 71.9 Å². The number of aryl methyl sites for hydroxylation is 1. The average molecular weight is 385 g/mol. The van der Waals surface area contributed by atoms with Crippen molar-refractivity contribution in [2.45, 2.75) is 13.3 Å². The zero-order valence-corrected chi connectivity index (χ0v) is 16.2. The third-order valence-corrected chi connectivity index (χ3v) is 4.94. The molecule has 1 aromatic heterocycles. The Morgan fingerprint density at radius 2 is 2.12 bits per heavy atom. The second-order valence-corrected chi connectivity index (χ2v) is 7.14. The summed E-state index contributed by atoms with van der Waals surface area (Å²) in [5, 5.41) is 10.2. The number of benzene rings is 1. The van der Waals surface area contributed by atoms with Crippen LogP contribution in [0.5, 0.6) is 11.5 Å². The molecule has 1 aromatic carbocycles. The van der Waals surface area contributed by atoms with Crippen molar-refractivity contribution in [2.24, 2.45) is 0 Å². The van der Waals surface area contributed by atoms with E-state index in [9.17, 15) is 9.90 Å². The van der Waals surface area contributed by atoms with Crippen LogP contribution < -0.4 is 9.47 Å². The molecule has 0 aliphatic rings. The molecule has 0 bridgehead atoms. The Morgan fingerprint density at radius 1 is 1.40 bits per heavy atom. The fourth-order valence-corrected chi connectivity index (χ4v) is 3.41. The lowest BCUT2D eigenvalue weighted by molar-refractivity contribution is 0.0701. The maximum absolute atomic E-state index is 11.2. The van der Waals surface area contributed by atoms with Gasteiger partial charge in [-0.2, -0.15) is 0 Å². The van der Waals surface area contributed by atoms with Crippen LogP contribution in [0, 0.1) is 6.92 Å². The summed E-state index contributed by atoms with van der Waals surface area (Å²) in [5.74, 6) is -0.00403. The number of carboxylic acid groups (broad SMARTS) is 1. The van der Waals surface area contributed by atoms with Crippen molar-refractivity contribution in [3.05, 3.63) is 27.7 Å². The Labute approximate surface area is 156 Å². The first-order valence-electron chi connectivity index (χ1n) is 7.69. The molecule has 0 aliphatic carbocycles. The first kappa shape index (κ1) is 19.5. The highest BCUT2D eigenvalue weighted by atomic mass is 35.5. The predicted octanol–water partition coefficient (Wildman–Crippen LogP) is 3.81. The van der Waals surface area contributed by atoms with Gasteiger partial charge in [0.25, 0.3) is 0 Å². The molecule has 0 saturated carbocycles. The molecule has 0 spiro atoms. The molecule has 2 rings (SSSR count). The lowest BCUT2D eigenvalue weighted by Crippen LogP contribution is -2.15. The van der Waals surface area contributed by atoms with E-state index in [0.29, 0.717) is 39.4 Å². The number of nitrogens with zero attached hydrogens (tertiary/aromatic N) is 2. The van der Waals surface area contributed by atoms with Crippen LogP contribution in [-0.4, -0.2) is 55.3 Å². The number of methoxy groups -OCH3 is 1. The van der Waals surface area contributed by atoms with Crippen LogP contribution in [-0.2, 0) is 0 Å². The summed E-state index contributed by atoms with van der Waals surface area (Å²) >= 11 is 7.47. The minimum Gasteiger partial charge on any atom is -0.493 e. The molecule has 8 heteroatoms. The molecule has 6 nitrogen and oxygen atoms in total. The minimum absolute atomic E-state index is 0.217. The number of hydrogen-bond acceptors (Lipinski definition) is 6. The quantitative estimate of drug-likeness (QED) is 0.698. The molecule has 0 saturated heterocycles. The van der Waals surface area contributed by atoms with Crippen molar-refractivity contribution in [2.75, 3.05) is 34.4 Å². The molecular weight excluding hydrogens is 364 g/mol. The van der Waals surface area contributed by atoms with Gasteiger partial charge in [-0.15, -0.1) is 11.3 Å². The van der Waals surface area contributed by atoms with Gasteiger partial charge >= 0.3 is 5.97 Å². The van der Waals surface area contributed by atoms with Crippen LogP contribution in [0.3, 0.4) is 0 Å². The number of aromatic nitrogens is 1. The number of carbonyl (C=O) groups is 1. The van der Waals surface area contributed by atoms with Gasteiger partial charge < -0.3 is 19.5 Å². The number of hydrogen-bond donors (Lipinski definition) is 1. The van der Waals surface area contributed by atoms with E-state index in [2.05, 4.69) is 9.88 Å². The standard InChI is InChI=1S/C17H21ClN2O4S/c1-10-15(17(21)22)25-16(19-10)11-8-12(18)14(13(9-11)23-4)24-7-5-6-20(2)3/h8-9H,5-7H2,1-4H3,(H,21,22). The van der Waals surface area contributed by atoms with Crippen molar-refractivity contribution < 1.29 is 19.4 Å². The van der Waals surface area contributed by atoms with Crippen molar-refractivity contribution in [3.8, 4) is 22.1 Å². The van der Waals surface area contributed by atoms with Gasteiger partial charge in [-0.05, 0) is 39.6 Å². The molecule has 1 heterocycles. The van der Waals surface area contributed by atoms with E-state index < -0.39 is 5.97 Å². The third kappa shape index (κ3) is 4.84. The Kier molecular flexibility index (Phi) is 6.64. The Hall–Kier alpha value is -1.83. The van der Waals surface area contributed by atoms with Crippen molar-refractivity contribution in [1.29, 1.82) is 0 Å². The fourth-order valence-electron chi connectivity index (χ4n) is 2.26. The highest BCUT2D eigenvalue weighted by molar-refractivity contribution is 7.17. The summed E-state index contributed by atoms with van der Waals surface area (Å²) in [7, 11) is 5.55. The Morgan fingerprint density at radius 3 is 2.68 bits per heavy atom. The van der Waals surface area contributed by atoms with Crippen LogP contribution >= 0.6 is 22.9 Å². The van der Waals surface area contributed by atoms with Gasteiger partial charge in [0, 0.05) is 12.1 Å². The van der Waals surface area contributed by atoms with Crippen molar-refractivity contribution >= 4 is 28.9 Å². The summed E-state index contributed by atoms with van der Waals surface area (Å²) in [6.45, 7) is 3.10. The summed E-state index contributed by atoms with van der Waals surface area (Å²) < 4.78 is 11.2. The average Bonchev–Trinajstić information content (AvgIpc) is 2.94. The first-order valence-corrected chi connectivity index (χ1v) is 8.89. The summed E-state index contributed by atoms with van der Waals surface area (Å²) in [4.78, 5) is 17.8. The number of thiazole rings is 1. The lowest BCUT2D eigenvalue weighted by Gasteiger charge is -2.15. The SMILES string of the molecule is COc1cc(-c2nc(C)c(C(=O)O)s2)cc(Cl)c1OCCCN(C)C. The van der Waals surface area contributed by atoms with E-state index in [1.165, 1.54) is 7.11 Å². The maximum atomic E-state index is 11.2. The number of halogens is 1. The van der Waals surface area contributed by atoms with Gasteiger partial charge in [0.05, 0.1) is 24.4 Å². The summed E-state index contributed by atoms with van der Waals surface area (Å²) in [6.07, 6.45) is 0.863. The van der Waals surface area contributed by atoms with Crippen molar-refractivity contribution in [3.63, 3.8) is 0 Å². The molecule has 2 aromatic rings. The zero-order chi connectivity index (χ0) is 18.6.